The fourth-order valence-electron chi connectivity index (χ4n) is 1.99. The second-order valence-electron chi connectivity index (χ2n) is 4.23. The molecule has 2 amide bonds. The number of carbonyl (C=O) groups excluding carboxylic acids is 2. The van der Waals surface area contributed by atoms with E-state index in [4.69, 9.17) is 0 Å². The molecule has 1 aliphatic heterocycles. The minimum Gasteiger partial charge on any atom is -0.340 e. The first-order chi connectivity index (χ1) is 8.65. The van der Waals surface area contributed by atoms with E-state index in [1.165, 1.54) is 0 Å². The van der Waals surface area contributed by atoms with E-state index in [1.54, 1.807) is 30.0 Å². The summed E-state index contributed by atoms with van der Waals surface area (Å²) in [4.78, 5) is 25.8. The molecular formula is C14H16N2O2. The molecule has 4 heteroatoms. The van der Waals surface area contributed by atoms with Crippen LogP contribution in [-0.2, 0) is 4.79 Å². The molecule has 0 spiro atoms. The summed E-state index contributed by atoms with van der Waals surface area (Å²) in [6.07, 6.45) is 3.79. The van der Waals surface area contributed by atoms with Crippen LogP contribution in [0.3, 0.4) is 0 Å². The lowest BCUT2D eigenvalue weighted by molar-refractivity contribution is -0.119. The summed E-state index contributed by atoms with van der Waals surface area (Å²) in [5, 5.41) is 2.70. The summed E-state index contributed by atoms with van der Waals surface area (Å²) in [5.74, 6) is -0.291. The van der Waals surface area contributed by atoms with Gasteiger partial charge in [-0.25, -0.2) is 0 Å². The molecule has 0 aromatic heterocycles. The summed E-state index contributed by atoms with van der Waals surface area (Å²) in [6, 6.07) is 6.66. The molecule has 1 unspecified atom stereocenters. The van der Waals surface area contributed by atoms with Gasteiger partial charge >= 0.3 is 0 Å². The van der Waals surface area contributed by atoms with Crippen molar-refractivity contribution in [2.45, 2.75) is 19.9 Å². The average molecular weight is 244 g/mol. The third-order valence-electron chi connectivity index (χ3n) is 2.95. The van der Waals surface area contributed by atoms with Crippen molar-refractivity contribution < 1.29 is 9.59 Å². The number of nitrogens with zero attached hydrogens (tertiary/aromatic N) is 1. The van der Waals surface area contributed by atoms with Crippen LogP contribution in [0.2, 0.25) is 0 Å². The van der Waals surface area contributed by atoms with E-state index in [-0.39, 0.29) is 11.8 Å². The number of rotatable bonds is 2. The highest BCUT2D eigenvalue weighted by Crippen LogP contribution is 2.23. The molecule has 0 fully saturated rings. The maximum atomic E-state index is 12.2. The van der Waals surface area contributed by atoms with Crippen molar-refractivity contribution >= 4 is 17.5 Å². The maximum absolute atomic E-state index is 12.2. The van der Waals surface area contributed by atoms with E-state index < -0.39 is 6.04 Å². The van der Waals surface area contributed by atoms with Crippen LogP contribution in [0.5, 0.6) is 0 Å². The van der Waals surface area contributed by atoms with Crippen molar-refractivity contribution in [3.63, 3.8) is 0 Å². The van der Waals surface area contributed by atoms with Crippen LogP contribution in [0, 0.1) is 0 Å². The highest BCUT2D eigenvalue weighted by atomic mass is 16.2. The Morgan fingerprint density at radius 1 is 1.33 bits per heavy atom. The molecule has 0 saturated heterocycles. The number of nitrogens with one attached hydrogen (secondary N) is 1. The second-order valence-corrected chi connectivity index (χ2v) is 4.23. The highest BCUT2D eigenvalue weighted by Gasteiger charge is 2.30. The Morgan fingerprint density at radius 3 is 2.78 bits per heavy atom. The maximum Gasteiger partial charge on any atom is 0.254 e. The molecule has 2 rings (SSSR count). The summed E-state index contributed by atoms with van der Waals surface area (Å²) in [7, 11) is 0. The van der Waals surface area contributed by atoms with E-state index in [1.807, 2.05) is 25.1 Å². The Kier molecular flexibility index (Phi) is 3.46. The van der Waals surface area contributed by atoms with Crippen molar-refractivity contribution in [2.75, 3.05) is 11.4 Å². The predicted molar refractivity (Wildman–Crippen MR) is 70.5 cm³/mol. The van der Waals surface area contributed by atoms with Crippen molar-refractivity contribution in [1.29, 1.82) is 0 Å². The van der Waals surface area contributed by atoms with E-state index in [2.05, 4.69) is 5.32 Å². The zero-order chi connectivity index (χ0) is 13.1. The molecule has 1 N–H and O–H groups in total. The monoisotopic (exact) mass is 244 g/mol. The number of amides is 2. The van der Waals surface area contributed by atoms with Crippen LogP contribution in [0.15, 0.2) is 36.4 Å². The van der Waals surface area contributed by atoms with Gasteiger partial charge in [0, 0.05) is 6.54 Å². The lowest BCUT2D eigenvalue weighted by Gasteiger charge is -2.22. The molecule has 1 heterocycles. The van der Waals surface area contributed by atoms with Crippen molar-refractivity contribution in [3.05, 3.63) is 42.0 Å². The van der Waals surface area contributed by atoms with Gasteiger partial charge in [-0.3, -0.25) is 9.59 Å². The van der Waals surface area contributed by atoms with Gasteiger partial charge in [-0.15, -0.1) is 0 Å². The van der Waals surface area contributed by atoms with Gasteiger partial charge in [-0.05, 0) is 26.0 Å². The lowest BCUT2D eigenvalue weighted by Crippen LogP contribution is -2.43. The topological polar surface area (TPSA) is 49.4 Å². The van der Waals surface area contributed by atoms with Crippen LogP contribution in [-0.4, -0.2) is 24.4 Å². The highest BCUT2D eigenvalue weighted by molar-refractivity contribution is 6.10. The minimum atomic E-state index is -0.504. The van der Waals surface area contributed by atoms with Crippen LogP contribution < -0.4 is 10.2 Å². The Balaban J connectivity index is 2.50. The molecule has 0 saturated carbocycles. The molecule has 0 radical (unpaired) electrons. The Labute approximate surface area is 106 Å². The zero-order valence-electron chi connectivity index (χ0n) is 10.5. The number of anilines is 1. The molecular weight excluding hydrogens is 228 g/mol. The van der Waals surface area contributed by atoms with E-state index in [0.717, 1.165) is 0 Å². The number of carbonyl (C=O) groups is 2. The lowest BCUT2D eigenvalue weighted by atomic mass is 10.1. The summed E-state index contributed by atoms with van der Waals surface area (Å²) >= 11 is 0. The largest absolute Gasteiger partial charge is 0.340 e. The zero-order valence-corrected chi connectivity index (χ0v) is 10.5. The van der Waals surface area contributed by atoms with Gasteiger partial charge in [-0.1, -0.05) is 24.3 Å². The van der Waals surface area contributed by atoms with Gasteiger partial charge in [-0.2, -0.15) is 0 Å². The van der Waals surface area contributed by atoms with Gasteiger partial charge < -0.3 is 10.2 Å². The first kappa shape index (κ1) is 12.4. The number of fused-ring (bicyclic) bond motifs is 1. The van der Waals surface area contributed by atoms with Crippen LogP contribution in [0.4, 0.5) is 5.69 Å². The summed E-state index contributed by atoms with van der Waals surface area (Å²) in [5.41, 5.74) is 1.21. The SMILES string of the molecule is C/C=C/CN1C(=O)C(C)NC(=O)c2ccccc21. The molecule has 0 aliphatic carbocycles. The average Bonchev–Trinajstić information content (AvgIpc) is 2.46. The molecule has 0 bridgehead atoms. The van der Waals surface area contributed by atoms with Gasteiger partial charge in [0.05, 0.1) is 11.3 Å². The van der Waals surface area contributed by atoms with E-state index >= 15 is 0 Å². The smallest absolute Gasteiger partial charge is 0.254 e. The Morgan fingerprint density at radius 2 is 2.06 bits per heavy atom. The van der Waals surface area contributed by atoms with Crippen molar-refractivity contribution in [2.24, 2.45) is 0 Å². The molecule has 18 heavy (non-hydrogen) atoms. The predicted octanol–water partition coefficient (Wildman–Crippen LogP) is 1.73. The quantitative estimate of drug-likeness (QED) is 0.805. The second kappa shape index (κ2) is 5.04. The number of hydrogen-bond acceptors (Lipinski definition) is 2. The molecule has 1 aliphatic rings. The number of hydrogen-bond donors (Lipinski definition) is 1. The summed E-state index contributed by atoms with van der Waals surface area (Å²) in [6.45, 7) is 4.08. The summed E-state index contributed by atoms with van der Waals surface area (Å²) < 4.78 is 0. The molecule has 1 aromatic carbocycles. The molecule has 94 valence electrons. The third-order valence-corrected chi connectivity index (χ3v) is 2.95. The van der Waals surface area contributed by atoms with Gasteiger partial charge in [0.1, 0.15) is 6.04 Å². The first-order valence-corrected chi connectivity index (χ1v) is 5.97. The van der Waals surface area contributed by atoms with Crippen LogP contribution in [0.1, 0.15) is 24.2 Å². The third kappa shape index (κ3) is 2.14. The minimum absolute atomic E-state index is 0.0913. The Bertz CT molecular complexity index is 508. The normalized spacial score (nSPS) is 19.7. The fourth-order valence-corrected chi connectivity index (χ4v) is 1.99. The van der Waals surface area contributed by atoms with Gasteiger partial charge in [0.2, 0.25) is 5.91 Å². The van der Waals surface area contributed by atoms with Gasteiger partial charge in [0.25, 0.3) is 5.91 Å². The van der Waals surface area contributed by atoms with E-state index in [9.17, 15) is 9.59 Å². The number of benzene rings is 1. The van der Waals surface area contributed by atoms with Crippen LogP contribution in [0.25, 0.3) is 0 Å². The number of allylic oxidation sites excluding steroid dienone is 1. The molecule has 1 aromatic rings. The van der Waals surface area contributed by atoms with Crippen LogP contribution >= 0.6 is 0 Å². The van der Waals surface area contributed by atoms with E-state index in [0.29, 0.717) is 17.8 Å². The standard InChI is InChI=1S/C14H16N2O2/c1-3-4-9-16-12-8-6-5-7-11(12)13(17)15-10(2)14(16)18/h3-8,10H,9H2,1-2H3,(H,15,17)/b4-3+. The fraction of sp³-hybridized carbons (Fsp3) is 0.286. The molecule has 4 nitrogen and oxygen atoms in total. The molecule has 1 atom stereocenters. The van der Waals surface area contributed by atoms with Crippen molar-refractivity contribution in [1.82, 2.24) is 5.32 Å². The van der Waals surface area contributed by atoms with Crippen molar-refractivity contribution in [3.8, 4) is 0 Å². The van der Waals surface area contributed by atoms with Gasteiger partial charge in [0.15, 0.2) is 0 Å². The number of para-hydroxylation sites is 1. The Hall–Kier alpha value is -2.10. The first-order valence-electron chi connectivity index (χ1n) is 5.97.